The van der Waals surface area contributed by atoms with Gasteiger partial charge in [-0.15, -0.1) is 0 Å². The van der Waals surface area contributed by atoms with E-state index in [0.29, 0.717) is 0 Å². The average Bonchev–Trinajstić information content (AvgIpc) is 1.61. The average molecular weight is 127 g/mol. The number of aliphatic hydroxyl groups is 1. The van der Waals surface area contributed by atoms with E-state index in [0.717, 1.165) is 6.42 Å². The van der Waals surface area contributed by atoms with Gasteiger partial charge in [-0.25, -0.2) is 0 Å². The first kappa shape index (κ1) is 11.3. The number of carboxylic acids is 1. The fraction of sp³-hybridized carbons (Fsp3) is 0.500. The van der Waals surface area contributed by atoms with Gasteiger partial charge in [0.25, 0.3) is 0 Å². The van der Waals surface area contributed by atoms with Crippen molar-refractivity contribution in [1.29, 1.82) is 0 Å². The van der Waals surface area contributed by atoms with Crippen LogP contribution in [-0.4, -0.2) is 52.3 Å². The van der Waals surface area contributed by atoms with E-state index in [9.17, 15) is 4.79 Å². The van der Waals surface area contributed by atoms with Crippen LogP contribution in [0.2, 0.25) is 0 Å². The second-order valence-corrected chi connectivity index (χ2v) is 1.05. The van der Waals surface area contributed by atoms with Gasteiger partial charge in [-0.1, -0.05) is 0 Å². The molecule has 4 heteroatoms. The molecule has 0 aliphatic carbocycles. The number of carbonyl (C=O) groups is 1. The van der Waals surface area contributed by atoms with E-state index < -0.39 is 5.97 Å². The van der Waals surface area contributed by atoms with Crippen molar-refractivity contribution in [3.05, 3.63) is 6.42 Å². The molecule has 0 aromatic carbocycles. The molecule has 43 valence electrons. The summed E-state index contributed by atoms with van der Waals surface area (Å²) < 4.78 is 0. The minimum absolute atomic E-state index is 0. The zero-order valence-corrected chi connectivity index (χ0v) is 3.79. The Morgan fingerprint density at radius 1 is 1.62 bits per heavy atom. The molecule has 1 radical (unpaired) electrons. The summed E-state index contributed by atoms with van der Waals surface area (Å²) in [6, 6.07) is 0. The molecule has 0 bridgehead atoms. The van der Waals surface area contributed by atoms with Crippen LogP contribution >= 0.6 is 0 Å². The van der Waals surface area contributed by atoms with Crippen LogP contribution < -0.4 is 0 Å². The fourth-order valence-corrected chi connectivity index (χ4v) is 0.188. The molecule has 0 unspecified atom stereocenters. The molecular weight excluding hydrogens is 119 g/mol. The van der Waals surface area contributed by atoms with E-state index in [1.807, 2.05) is 0 Å². The van der Waals surface area contributed by atoms with Gasteiger partial charge in [-0.05, 0) is 6.42 Å². The second kappa shape index (κ2) is 7.43. The summed E-state index contributed by atoms with van der Waals surface area (Å²) in [4.78, 5) is 9.59. The van der Waals surface area contributed by atoms with Crippen molar-refractivity contribution in [2.75, 3.05) is 6.61 Å². The van der Waals surface area contributed by atoms with E-state index in [4.69, 9.17) is 10.2 Å². The van der Waals surface area contributed by atoms with Crippen molar-refractivity contribution >= 4 is 35.5 Å². The summed E-state index contributed by atoms with van der Waals surface area (Å²) in [5, 5.41) is 15.9. The van der Waals surface area contributed by atoms with E-state index >= 15 is 0 Å². The molecule has 0 saturated carbocycles. The van der Waals surface area contributed by atoms with Crippen molar-refractivity contribution < 1.29 is 15.0 Å². The molecule has 0 aromatic heterocycles. The van der Waals surface area contributed by atoms with Crippen molar-refractivity contribution in [1.82, 2.24) is 0 Å². The molecule has 0 aliphatic heterocycles. The van der Waals surface area contributed by atoms with E-state index in [2.05, 4.69) is 0 Å². The summed E-state index contributed by atoms with van der Waals surface area (Å²) in [5.41, 5.74) is 0. The Bertz CT molecular complexity index is 64.3. The fourth-order valence-electron chi connectivity index (χ4n) is 0.188. The van der Waals surface area contributed by atoms with Gasteiger partial charge in [-0.3, -0.25) is 4.79 Å². The van der Waals surface area contributed by atoms with Gasteiger partial charge >= 0.3 is 35.5 Å². The molecule has 3 nitrogen and oxygen atoms in total. The van der Waals surface area contributed by atoms with Gasteiger partial charge in [0.05, 0.1) is 6.42 Å². The molecule has 0 atom stereocenters. The summed E-state index contributed by atoms with van der Waals surface area (Å²) >= 11 is 0. The number of aliphatic hydroxyl groups excluding tert-OH is 1. The van der Waals surface area contributed by atoms with Crippen molar-refractivity contribution in [2.24, 2.45) is 0 Å². The Kier molecular flexibility index (Phi) is 10.5. The van der Waals surface area contributed by atoms with Crippen molar-refractivity contribution in [3.8, 4) is 0 Å². The number of hydrogen-bond acceptors (Lipinski definition) is 2. The van der Waals surface area contributed by atoms with Gasteiger partial charge < -0.3 is 10.2 Å². The van der Waals surface area contributed by atoms with E-state index in [-0.39, 0.29) is 42.6 Å². The first-order chi connectivity index (χ1) is 3.27. The van der Waals surface area contributed by atoms with Crippen LogP contribution in [0.3, 0.4) is 0 Å². The maximum atomic E-state index is 9.59. The van der Waals surface area contributed by atoms with Gasteiger partial charge in [0.2, 0.25) is 0 Å². The van der Waals surface area contributed by atoms with Crippen LogP contribution in [0.15, 0.2) is 0 Å². The molecule has 8 heavy (non-hydrogen) atoms. The summed E-state index contributed by atoms with van der Waals surface area (Å²) in [6.07, 6.45) is 1.25. The minimum atomic E-state index is -0.978. The third-order valence-electron chi connectivity index (χ3n) is 0.448. The predicted molar refractivity (Wildman–Crippen MR) is 30.8 cm³/mol. The molecule has 2 N–H and O–H groups in total. The Morgan fingerprint density at radius 3 is 2.25 bits per heavy atom. The first-order valence-corrected chi connectivity index (χ1v) is 1.94. The van der Waals surface area contributed by atoms with Crippen LogP contribution in [0.4, 0.5) is 0 Å². The molecule has 0 rings (SSSR count). The standard InChI is InChI=1S/C4H7O3.Na.H/c5-3-1-2-4(6)7;;/h2,5H,1,3H2,(H,6,7);;. The Morgan fingerprint density at radius 2 is 2.12 bits per heavy atom. The number of aliphatic carboxylic acids is 1. The molecule has 0 heterocycles. The van der Waals surface area contributed by atoms with Crippen LogP contribution in [-0.2, 0) is 4.79 Å². The van der Waals surface area contributed by atoms with Gasteiger partial charge in [-0.2, -0.15) is 0 Å². The van der Waals surface area contributed by atoms with Gasteiger partial charge in [0.1, 0.15) is 0 Å². The molecule has 0 amide bonds. The van der Waals surface area contributed by atoms with E-state index in [1.165, 1.54) is 0 Å². The van der Waals surface area contributed by atoms with Crippen molar-refractivity contribution in [3.63, 3.8) is 0 Å². The third-order valence-corrected chi connectivity index (χ3v) is 0.448. The summed E-state index contributed by atoms with van der Waals surface area (Å²) in [6.45, 7) is -0.0910. The zero-order chi connectivity index (χ0) is 5.70. The number of rotatable bonds is 3. The zero-order valence-electron chi connectivity index (χ0n) is 3.79. The quantitative estimate of drug-likeness (QED) is 0.478. The molecule has 0 saturated heterocycles. The topological polar surface area (TPSA) is 57.5 Å². The molecule has 0 aromatic rings. The Balaban J connectivity index is 0. The van der Waals surface area contributed by atoms with Crippen LogP contribution in [0, 0.1) is 6.42 Å². The van der Waals surface area contributed by atoms with Crippen LogP contribution in [0.5, 0.6) is 0 Å². The van der Waals surface area contributed by atoms with Crippen LogP contribution in [0.25, 0.3) is 0 Å². The number of hydrogen-bond donors (Lipinski definition) is 2. The van der Waals surface area contributed by atoms with E-state index in [1.54, 1.807) is 0 Å². The monoisotopic (exact) mass is 127 g/mol. The summed E-state index contributed by atoms with van der Waals surface area (Å²) in [5.74, 6) is -0.978. The molecule has 0 fully saturated rings. The SMILES string of the molecule is O=C(O)[CH]CCO.[NaH]. The Labute approximate surface area is 70.0 Å². The van der Waals surface area contributed by atoms with Crippen LogP contribution in [0.1, 0.15) is 6.42 Å². The molecular formula is C4H8NaO3. The maximum absolute atomic E-state index is 9.59. The number of carboxylic acid groups (broad SMARTS) is 1. The molecule has 0 spiro atoms. The summed E-state index contributed by atoms with van der Waals surface area (Å²) in [7, 11) is 0. The van der Waals surface area contributed by atoms with Crippen molar-refractivity contribution in [2.45, 2.75) is 6.42 Å². The Hall–Kier alpha value is 0.430. The van der Waals surface area contributed by atoms with Gasteiger partial charge in [0, 0.05) is 6.61 Å². The first-order valence-electron chi connectivity index (χ1n) is 1.94. The normalized spacial score (nSPS) is 7.62. The van der Waals surface area contributed by atoms with Gasteiger partial charge in [0.15, 0.2) is 0 Å². The second-order valence-electron chi connectivity index (χ2n) is 1.05. The predicted octanol–water partition coefficient (Wildman–Crippen LogP) is -0.991. The molecule has 0 aliphatic rings. The third kappa shape index (κ3) is 9.66.